The lowest BCUT2D eigenvalue weighted by Gasteiger charge is -2.38. The quantitative estimate of drug-likeness (QED) is 0.223. The highest BCUT2D eigenvalue weighted by Gasteiger charge is 2.41. The molecular formula is C25H37ClN7O4P. The van der Waals surface area contributed by atoms with Gasteiger partial charge in [0.05, 0.1) is 25.6 Å². The van der Waals surface area contributed by atoms with Crippen LogP contribution in [0.1, 0.15) is 52.6 Å². The molecule has 38 heavy (non-hydrogen) atoms. The second-order valence-corrected chi connectivity index (χ2v) is 12.8. The lowest BCUT2D eigenvalue weighted by molar-refractivity contribution is -0.149. The summed E-state index contributed by atoms with van der Waals surface area (Å²) in [4.78, 5) is 25.3. The van der Waals surface area contributed by atoms with E-state index < -0.39 is 19.0 Å². The molecule has 3 aromatic rings. The Balaban J connectivity index is 1.81. The summed E-state index contributed by atoms with van der Waals surface area (Å²) in [7, 11) is -1.75. The van der Waals surface area contributed by atoms with E-state index in [4.69, 9.17) is 26.8 Å². The Bertz CT molecular complexity index is 1280. The summed E-state index contributed by atoms with van der Waals surface area (Å²) in [5, 5.41) is 3.70. The number of hydrogen-bond donors (Lipinski definition) is 2. The van der Waals surface area contributed by atoms with Crippen molar-refractivity contribution in [3.63, 3.8) is 0 Å². The van der Waals surface area contributed by atoms with Gasteiger partial charge >= 0.3 is 5.97 Å². The maximum atomic E-state index is 14.6. The monoisotopic (exact) mass is 565 g/mol. The van der Waals surface area contributed by atoms with Gasteiger partial charge in [0.25, 0.3) is 0 Å². The Hall–Kier alpha value is -2.56. The molecule has 0 saturated heterocycles. The molecule has 0 aliphatic rings. The number of aromatic nitrogens is 4. The van der Waals surface area contributed by atoms with Crippen LogP contribution in [-0.4, -0.2) is 61.8 Å². The summed E-state index contributed by atoms with van der Waals surface area (Å²) in [6.45, 7) is 9.71. The molecule has 1 unspecified atom stereocenters. The molecule has 1 aromatic carbocycles. The van der Waals surface area contributed by atoms with Crippen LogP contribution in [0.3, 0.4) is 0 Å². The second-order valence-electron chi connectivity index (χ2n) is 9.81. The van der Waals surface area contributed by atoms with Gasteiger partial charge in [-0.3, -0.25) is 9.36 Å². The van der Waals surface area contributed by atoms with Crippen molar-refractivity contribution in [3.05, 3.63) is 47.5 Å². The van der Waals surface area contributed by atoms with Crippen LogP contribution in [0, 0.1) is 0 Å². The van der Waals surface area contributed by atoms with Crippen molar-refractivity contribution in [2.45, 2.75) is 65.3 Å². The Morgan fingerprint density at radius 3 is 2.58 bits per heavy atom. The van der Waals surface area contributed by atoms with Crippen molar-refractivity contribution in [3.8, 4) is 0 Å². The third kappa shape index (κ3) is 7.09. The molecule has 0 aliphatic carbocycles. The smallest absolute Gasteiger partial charge is 0.326 e. The summed E-state index contributed by atoms with van der Waals surface area (Å²) in [5.41, 5.74) is 6.68. The Morgan fingerprint density at radius 1 is 1.24 bits per heavy atom. The largest absolute Gasteiger partial charge is 0.464 e. The molecular weight excluding hydrogens is 529 g/mol. The molecule has 0 saturated carbocycles. The zero-order chi connectivity index (χ0) is 28.1. The number of carbonyl (C=O) groups excluding carboxylic acids is 1. The number of hydrogen-bond acceptors (Lipinski definition) is 8. The Kier molecular flexibility index (Phi) is 9.89. The molecule has 3 atom stereocenters. The van der Waals surface area contributed by atoms with E-state index in [9.17, 15) is 9.36 Å². The third-order valence-corrected chi connectivity index (χ3v) is 9.27. The minimum Gasteiger partial charge on any atom is -0.464 e. The number of rotatable bonds is 13. The predicted molar refractivity (Wildman–Crippen MR) is 149 cm³/mol. The average Bonchev–Trinajstić information content (AvgIpc) is 3.29. The molecule has 0 fully saturated rings. The summed E-state index contributed by atoms with van der Waals surface area (Å²) in [6.07, 6.45) is 3.17. The molecule has 0 bridgehead atoms. The SMILES string of the molecule is CCCOC(=O)C(C)(C)NP(=O)(CO[C@@H](C)Cn1cnc2c(N)ncnc21)N(C)[C@H](C)c1ccc(Cl)cc1. The standard InChI is InChI=1S/C25H37ClN7O4P/c1-7-12-36-24(34)25(4,5)31-38(35,32(6)18(3)19-8-10-20(26)11-9-19)16-37-17(2)13-33-15-30-21-22(27)28-14-29-23(21)33/h8-11,14-15,17-18H,7,12-13,16H2,1-6H3,(H,31,35)(H2,27,28,29)/t17-,18+,38?/m0/s1. The molecule has 0 amide bonds. The minimum absolute atomic E-state index is 0.156. The normalized spacial score (nSPS) is 15.4. The molecule has 13 heteroatoms. The number of nitrogen functional groups attached to an aromatic ring is 1. The molecule has 2 heterocycles. The average molecular weight is 566 g/mol. The number of fused-ring (bicyclic) bond motifs is 1. The summed E-state index contributed by atoms with van der Waals surface area (Å²) in [6, 6.07) is 7.07. The van der Waals surface area contributed by atoms with Crippen molar-refractivity contribution in [2.24, 2.45) is 0 Å². The van der Waals surface area contributed by atoms with Gasteiger partial charge in [0.15, 0.2) is 11.5 Å². The molecule has 0 aliphatic heterocycles. The summed E-state index contributed by atoms with van der Waals surface area (Å²) < 4.78 is 29.6. The van der Waals surface area contributed by atoms with Crippen LogP contribution in [0.5, 0.6) is 0 Å². The first-order chi connectivity index (χ1) is 17.9. The molecule has 208 valence electrons. The van der Waals surface area contributed by atoms with E-state index in [1.807, 2.05) is 37.5 Å². The number of nitrogens with zero attached hydrogens (tertiary/aromatic N) is 5. The fourth-order valence-corrected chi connectivity index (χ4v) is 6.53. The topological polar surface area (TPSA) is 137 Å². The second kappa shape index (κ2) is 12.5. The first-order valence-corrected chi connectivity index (χ1v) is 14.7. The molecule has 3 rings (SSSR count). The predicted octanol–water partition coefficient (Wildman–Crippen LogP) is 4.63. The lowest BCUT2D eigenvalue weighted by Crippen LogP contribution is -2.49. The van der Waals surface area contributed by atoms with Crippen LogP contribution < -0.4 is 10.8 Å². The number of carbonyl (C=O) groups is 1. The van der Waals surface area contributed by atoms with Crippen LogP contribution in [0.2, 0.25) is 5.02 Å². The number of nitrogens with one attached hydrogen (secondary N) is 1. The van der Waals surface area contributed by atoms with E-state index in [2.05, 4.69) is 20.0 Å². The molecule has 11 nitrogen and oxygen atoms in total. The number of anilines is 1. The Labute approximate surface area is 228 Å². The van der Waals surface area contributed by atoms with E-state index in [1.165, 1.54) is 6.33 Å². The molecule has 0 spiro atoms. The van der Waals surface area contributed by atoms with Gasteiger partial charge in [0.1, 0.15) is 23.7 Å². The summed E-state index contributed by atoms with van der Waals surface area (Å²) >= 11 is 6.06. The summed E-state index contributed by atoms with van der Waals surface area (Å²) in [5.74, 6) is -0.187. The van der Waals surface area contributed by atoms with Gasteiger partial charge in [0, 0.05) is 11.1 Å². The number of nitrogens with two attached hydrogens (primary N) is 1. The highest BCUT2D eigenvalue weighted by Crippen LogP contribution is 2.51. The first-order valence-electron chi connectivity index (χ1n) is 12.5. The Morgan fingerprint density at radius 2 is 1.92 bits per heavy atom. The van der Waals surface area contributed by atoms with Crippen molar-refractivity contribution in [2.75, 3.05) is 25.7 Å². The lowest BCUT2D eigenvalue weighted by atomic mass is 10.1. The van der Waals surface area contributed by atoms with Crippen molar-refractivity contribution < 1.29 is 18.8 Å². The highest BCUT2D eigenvalue weighted by molar-refractivity contribution is 7.59. The number of halogens is 1. The van der Waals surface area contributed by atoms with E-state index in [-0.39, 0.29) is 25.1 Å². The van der Waals surface area contributed by atoms with Gasteiger partial charge in [-0.05, 0) is 58.9 Å². The number of ether oxygens (including phenoxy) is 2. The zero-order valence-electron chi connectivity index (χ0n) is 22.7. The van der Waals surface area contributed by atoms with Gasteiger partial charge in [-0.25, -0.2) is 24.7 Å². The van der Waals surface area contributed by atoms with Gasteiger partial charge in [-0.1, -0.05) is 30.7 Å². The zero-order valence-corrected chi connectivity index (χ0v) is 24.4. The maximum Gasteiger partial charge on any atom is 0.326 e. The van der Waals surface area contributed by atoms with Crippen LogP contribution in [-0.2, 0) is 25.4 Å². The van der Waals surface area contributed by atoms with Crippen LogP contribution in [0.4, 0.5) is 5.82 Å². The number of imidazole rings is 1. The van der Waals surface area contributed by atoms with Gasteiger partial charge in [-0.2, -0.15) is 0 Å². The van der Waals surface area contributed by atoms with Crippen LogP contribution >= 0.6 is 19.0 Å². The van der Waals surface area contributed by atoms with Crippen LogP contribution in [0.15, 0.2) is 36.9 Å². The first kappa shape index (κ1) is 30.0. The molecule has 2 aromatic heterocycles. The molecule has 3 N–H and O–H groups in total. The van der Waals surface area contributed by atoms with E-state index in [1.54, 1.807) is 44.0 Å². The molecule has 0 radical (unpaired) electrons. The number of benzene rings is 1. The van der Waals surface area contributed by atoms with Gasteiger partial charge in [-0.15, -0.1) is 0 Å². The number of esters is 1. The van der Waals surface area contributed by atoms with Gasteiger partial charge < -0.3 is 19.8 Å². The fraction of sp³-hybridized carbons (Fsp3) is 0.520. The van der Waals surface area contributed by atoms with Gasteiger partial charge in [0.2, 0.25) is 7.44 Å². The van der Waals surface area contributed by atoms with Crippen LogP contribution in [0.25, 0.3) is 11.2 Å². The van der Waals surface area contributed by atoms with E-state index in [0.717, 1.165) is 5.56 Å². The fourth-order valence-electron chi connectivity index (χ4n) is 3.89. The van der Waals surface area contributed by atoms with Crippen molar-refractivity contribution in [1.29, 1.82) is 0 Å². The van der Waals surface area contributed by atoms with E-state index >= 15 is 0 Å². The van der Waals surface area contributed by atoms with Crippen molar-refractivity contribution in [1.82, 2.24) is 29.3 Å². The maximum absolute atomic E-state index is 14.6. The minimum atomic E-state index is -3.49. The van der Waals surface area contributed by atoms with E-state index in [0.29, 0.717) is 35.0 Å². The van der Waals surface area contributed by atoms with Crippen molar-refractivity contribution >= 4 is 42.0 Å². The highest BCUT2D eigenvalue weighted by atomic mass is 35.5. The third-order valence-electron chi connectivity index (χ3n) is 6.24.